The van der Waals surface area contributed by atoms with Crippen LogP contribution in [0.5, 0.6) is 0 Å². The van der Waals surface area contributed by atoms with Crippen LogP contribution in [0.25, 0.3) is 0 Å². The number of nitrogens with two attached hydrogens (primary N) is 1. The zero-order chi connectivity index (χ0) is 19.6. The number of urea groups is 1. The number of aliphatic hydroxyl groups is 1. The summed E-state index contributed by atoms with van der Waals surface area (Å²) in [4.78, 5) is 21.3. The highest BCUT2D eigenvalue weighted by Gasteiger charge is 2.25. The van der Waals surface area contributed by atoms with Gasteiger partial charge in [0, 0.05) is 38.3 Å². The van der Waals surface area contributed by atoms with Crippen molar-refractivity contribution in [2.75, 3.05) is 19.6 Å². The van der Waals surface area contributed by atoms with Crippen molar-refractivity contribution in [2.45, 2.75) is 70.9 Å². The Balaban J connectivity index is 0.00000392. The van der Waals surface area contributed by atoms with Gasteiger partial charge in [-0.25, -0.2) is 9.78 Å². The van der Waals surface area contributed by atoms with Crippen molar-refractivity contribution in [3.05, 3.63) is 18.2 Å². The molecule has 0 spiro atoms. The molecule has 1 aliphatic carbocycles. The van der Waals surface area contributed by atoms with Gasteiger partial charge in [-0.15, -0.1) is 12.4 Å². The molecule has 0 radical (unpaired) electrons. The fourth-order valence-electron chi connectivity index (χ4n) is 3.84. The van der Waals surface area contributed by atoms with E-state index in [9.17, 15) is 9.90 Å². The molecule has 2 unspecified atom stereocenters. The Labute approximate surface area is 175 Å². The molecule has 2 atom stereocenters. The first-order valence-electron chi connectivity index (χ1n) is 10.4. The highest BCUT2D eigenvalue weighted by atomic mass is 35.5. The maximum absolute atomic E-state index is 12.6. The van der Waals surface area contributed by atoms with Crippen molar-refractivity contribution in [3.63, 3.8) is 0 Å². The van der Waals surface area contributed by atoms with Gasteiger partial charge in [0.2, 0.25) is 0 Å². The van der Waals surface area contributed by atoms with Crippen LogP contribution in [0.1, 0.15) is 58.1 Å². The summed E-state index contributed by atoms with van der Waals surface area (Å²) in [5.41, 5.74) is 7.19. The van der Waals surface area contributed by atoms with E-state index in [1.165, 1.54) is 32.1 Å². The highest BCUT2D eigenvalue weighted by Crippen LogP contribution is 2.27. The normalized spacial score (nSPS) is 17.0. The van der Waals surface area contributed by atoms with E-state index in [0.717, 1.165) is 12.1 Å². The number of imidazole rings is 1. The third-order valence-electron chi connectivity index (χ3n) is 5.32. The van der Waals surface area contributed by atoms with Gasteiger partial charge in [0.15, 0.2) is 0 Å². The second-order valence-corrected chi connectivity index (χ2v) is 8.31. The number of halogens is 1. The van der Waals surface area contributed by atoms with Crippen molar-refractivity contribution in [1.29, 1.82) is 0 Å². The van der Waals surface area contributed by atoms with Crippen LogP contribution in [0.4, 0.5) is 4.79 Å². The van der Waals surface area contributed by atoms with E-state index >= 15 is 0 Å². The van der Waals surface area contributed by atoms with Gasteiger partial charge in [-0.1, -0.05) is 46.0 Å². The maximum atomic E-state index is 12.6. The highest BCUT2D eigenvalue weighted by molar-refractivity contribution is 5.85. The number of rotatable bonds is 10. The first-order valence-corrected chi connectivity index (χ1v) is 10.4. The molecule has 5 N–H and O–H groups in total. The van der Waals surface area contributed by atoms with Crippen molar-refractivity contribution in [1.82, 2.24) is 20.2 Å². The number of aromatic nitrogens is 2. The zero-order valence-corrected chi connectivity index (χ0v) is 18.1. The Bertz CT molecular complexity index is 535. The average molecular weight is 416 g/mol. The molecule has 1 aliphatic rings. The van der Waals surface area contributed by atoms with Gasteiger partial charge in [-0.2, -0.15) is 0 Å². The molecule has 0 aromatic carbocycles. The molecule has 0 aliphatic heterocycles. The lowest BCUT2D eigenvalue weighted by molar-refractivity contribution is 0.0859. The van der Waals surface area contributed by atoms with Crippen LogP contribution < -0.4 is 11.1 Å². The number of aromatic amines is 1. The molecule has 1 heterocycles. The first kappa shape index (κ1) is 24.7. The van der Waals surface area contributed by atoms with Crippen molar-refractivity contribution < 1.29 is 9.90 Å². The molecule has 0 saturated heterocycles. The van der Waals surface area contributed by atoms with Gasteiger partial charge in [0.05, 0.1) is 18.1 Å². The van der Waals surface area contributed by atoms with Gasteiger partial charge in [-0.05, 0) is 18.3 Å². The average Bonchev–Trinajstić information content (AvgIpc) is 3.15. The predicted octanol–water partition coefficient (Wildman–Crippen LogP) is 2.70. The van der Waals surface area contributed by atoms with E-state index in [1.54, 1.807) is 11.2 Å². The SMILES string of the molecule is CC(C)CN(CC(O)C(N)CC1CCCCC1)C(=O)NCCc1c[nH]cn1.Cl. The lowest BCUT2D eigenvalue weighted by Gasteiger charge is -2.31. The van der Waals surface area contributed by atoms with E-state index in [1.807, 2.05) is 6.20 Å². The summed E-state index contributed by atoms with van der Waals surface area (Å²) in [5, 5.41) is 13.5. The molecule has 8 heteroatoms. The van der Waals surface area contributed by atoms with Crippen molar-refractivity contribution in [2.24, 2.45) is 17.6 Å². The minimum Gasteiger partial charge on any atom is -0.390 e. The molecule has 1 saturated carbocycles. The number of H-pyrrole nitrogens is 1. The van der Waals surface area contributed by atoms with E-state index < -0.39 is 6.10 Å². The fraction of sp³-hybridized carbons (Fsp3) is 0.800. The molecule has 2 amide bonds. The number of carbonyl (C=O) groups is 1. The third-order valence-corrected chi connectivity index (χ3v) is 5.32. The van der Waals surface area contributed by atoms with E-state index in [-0.39, 0.29) is 31.0 Å². The Kier molecular flexibility index (Phi) is 11.5. The van der Waals surface area contributed by atoms with Crippen LogP contribution >= 0.6 is 12.4 Å². The van der Waals surface area contributed by atoms with Crippen LogP contribution in [0, 0.1) is 11.8 Å². The van der Waals surface area contributed by atoms with Gasteiger partial charge in [-0.3, -0.25) is 0 Å². The fourth-order valence-corrected chi connectivity index (χ4v) is 3.84. The molecule has 7 nitrogen and oxygen atoms in total. The van der Waals surface area contributed by atoms with Crippen LogP contribution in [-0.2, 0) is 6.42 Å². The van der Waals surface area contributed by atoms with E-state index in [2.05, 4.69) is 29.1 Å². The number of aliphatic hydroxyl groups excluding tert-OH is 1. The summed E-state index contributed by atoms with van der Waals surface area (Å²) in [6.45, 7) is 5.53. The summed E-state index contributed by atoms with van der Waals surface area (Å²) < 4.78 is 0. The van der Waals surface area contributed by atoms with E-state index in [4.69, 9.17) is 5.73 Å². The quantitative estimate of drug-likeness (QED) is 0.471. The summed E-state index contributed by atoms with van der Waals surface area (Å²) in [6.07, 6.45) is 10.6. The number of nitrogens with zero attached hydrogens (tertiary/aromatic N) is 2. The Morgan fingerprint density at radius 3 is 2.68 bits per heavy atom. The van der Waals surface area contributed by atoms with Crippen LogP contribution in [0.15, 0.2) is 12.5 Å². The Morgan fingerprint density at radius 2 is 2.07 bits per heavy atom. The van der Waals surface area contributed by atoms with Gasteiger partial charge in [0.25, 0.3) is 0 Å². The van der Waals surface area contributed by atoms with Gasteiger partial charge >= 0.3 is 6.03 Å². The maximum Gasteiger partial charge on any atom is 0.317 e. The number of hydrogen-bond donors (Lipinski definition) is 4. The topological polar surface area (TPSA) is 107 Å². The molecule has 162 valence electrons. The van der Waals surface area contributed by atoms with Crippen molar-refractivity contribution in [3.8, 4) is 0 Å². The number of carbonyl (C=O) groups excluding carboxylic acids is 1. The molecule has 1 fully saturated rings. The first-order chi connectivity index (χ1) is 13.0. The minimum absolute atomic E-state index is 0. The molecule has 2 rings (SSSR count). The zero-order valence-electron chi connectivity index (χ0n) is 17.3. The van der Waals surface area contributed by atoms with E-state index in [0.29, 0.717) is 31.3 Å². The van der Waals surface area contributed by atoms with Gasteiger partial charge in [0.1, 0.15) is 0 Å². The largest absolute Gasteiger partial charge is 0.390 e. The molecular formula is C20H38ClN5O2. The molecule has 28 heavy (non-hydrogen) atoms. The second kappa shape index (κ2) is 13.0. The third kappa shape index (κ3) is 8.80. The predicted molar refractivity (Wildman–Crippen MR) is 115 cm³/mol. The summed E-state index contributed by atoms with van der Waals surface area (Å²) in [7, 11) is 0. The van der Waals surface area contributed by atoms with Gasteiger partial charge < -0.3 is 26.0 Å². The summed E-state index contributed by atoms with van der Waals surface area (Å²) in [5.74, 6) is 0.938. The summed E-state index contributed by atoms with van der Waals surface area (Å²) >= 11 is 0. The number of hydrogen-bond acceptors (Lipinski definition) is 4. The van der Waals surface area contributed by atoms with Crippen LogP contribution in [0.3, 0.4) is 0 Å². The molecule has 0 bridgehead atoms. The molecule has 1 aromatic rings. The van der Waals surface area contributed by atoms with Crippen molar-refractivity contribution >= 4 is 18.4 Å². The molecular weight excluding hydrogens is 378 g/mol. The summed E-state index contributed by atoms with van der Waals surface area (Å²) in [6, 6.07) is -0.428. The Hall–Kier alpha value is -1.31. The van der Waals surface area contributed by atoms with Crippen LogP contribution in [-0.4, -0.2) is 57.8 Å². The smallest absolute Gasteiger partial charge is 0.317 e. The number of nitrogens with one attached hydrogen (secondary N) is 2. The standard InChI is InChI=1S/C20H37N5O2.ClH/c1-15(2)12-25(20(27)23-9-8-17-11-22-14-24-17)13-19(26)18(21)10-16-6-4-3-5-7-16;/h11,14-16,18-19,26H,3-10,12-13,21H2,1-2H3,(H,22,24)(H,23,27);1H. The van der Waals surface area contributed by atoms with Crippen LogP contribution in [0.2, 0.25) is 0 Å². The second-order valence-electron chi connectivity index (χ2n) is 8.31. The minimum atomic E-state index is -0.692. The number of amides is 2. The lowest BCUT2D eigenvalue weighted by atomic mass is 9.84. The monoisotopic (exact) mass is 415 g/mol. The Morgan fingerprint density at radius 1 is 1.36 bits per heavy atom. The molecule has 1 aromatic heterocycles. The lowest BCUT2D eigenvalue weighted by Crippen LogP contribution is -2.50.